The smallest absolute Gasteiger partial charge is 0.315 e. The second kappa shape index (κ2) is 8.67. The van der Waals surface area contributed by atoms with E-state index in [2.05, 4.69) is 32.1 Å². The zero-order valence-corrected chi connectivity index (χ0v) is 15.3. The number of esters is 1. The summed E-state index contributed by atoms with van der Waals surface area (Å²) in [4.78, 5) is 15.3. The van der Waals surface area contributed by atoms with Crippen LogP contribution < -0.4 is 24.0 Å². The zero-order valence-electron chi connectivity index (χ0n) is 13.1. The van der Waals surface area contributed by atoms with Crippen LogP contribution >= 0.6 is 0 Å². The summed E-state index contributed by atoms with van der Waals surface area (Å²) in [5, 5.41) is 0. The molecule has 0 aliphatic carbocycles. The molecular weight excluding hydrogens is 367 g/mol. The summed E-state index contributed by atoms with van der Waals surface area (Å²) in [5.41, 5.74) is 1.10. The Hall–Kier alpha value is -0.560. The topological polar surface area (TPSA) is 42.1 Å². The minimum absolute atomic E-state index is 0. The number of halogens is 1. The summed E-state index contributed by atoms with van der Waals surface area (Å²) in [5.74, 6) is -0.287. The van der Waals surface area contributed by atoms with Crippen LogP contribution in [-0.2, 0) is 9.53 Å². The van der Waals surface area contributed by atoms with Crippen molar-refractivity contribution in [1.82, 2.24) is 4.98 Å². The molecule has 0 bridgehead atoms. The molecule has 0 saturated carbocycles. The number of H-pyrrole nitrogens is 1. The number of rotatable bonds is 7. The fourth-order valence-corrected chi connectivity index (χ4v) is 2.90. The number of quaternary nitrogens is 1. The summed E-state index contributed by atoms with van der Waals surface area (Å²) in [7, 11) is 4.34. The molecule has 2 unspecified atom stereocenters. The first-order valence-electron chi connectivity index (χ1n) is 7.06. The van der Waals surface area contributed by atoms with Gasteiger partial charge in [-0.25, -0.2) is 0 Å². The molecule has 0 aliphatic rings. The van der Waals surface area contributed by atoms with Crippen LogP contribution in [0.4, 0.5) is 0 Å². The van der Waals surface area contributed by atoms with Crippen LogP contribution in [0.5, 0.6) is 0 Å². The number of aromatic nitrogens is 1. The van der Waals surface area contributed by atoms with Crippen LogP contribution in [0.25, 0.3) is 0 Å². The van der Waals surface area contributed by atoms with Gasteiger partial charge in [-0.3, -0.25) is 4.79 Å². The van der Waals surface area contributed by atoms with Gasteiger partial charge in [0, 0.05) is 6.20 Å². The minimum atomic E-state index is -0.167. The first kappa shape index (κ1) is 19.4. The fraction of sp³-hybridized carbons (Fsp3) is 0.667. The van der Waals surface area contributed by atoms with Crippen LogP contribution in [0.3, 0.4) is 0 Å². The van der Waals surface area contributed by atoms with Crippen molar-refractivity contribution in [3.8, 4) is 0 Å². The molecule has 20 heavy (non-hydrogen) atoms. The van der Waals surface area contributed by atoms with Crippen molar-refractivity contribution in [2.45, 2.75) is 33.2 Å². The van der Waals surface area contributed by atoms with Crippen molar-refractivity contribution in [3.63, 3.8) is 0 Å². The van der Waals surface area contributed by atoms with Gasteiger partial charge < -0.3 is 38.2 Å². The average molecular weight is 394 g/mol. The summed E-state index contributed by atoms with van der Waals surface area (Å²) in [6.45, 7) is 7.43. The Morgan fingerprint density at radius 2 is 2.05 bits per heavy atom. The maximum absolute atomic E-state index is 12.1. The Bertz CT molecular complexity index is 391. The highest BCUT2D eigenvalue weighted by molar-refractivity contribution is 5.72. The molecule has 1 aromatic heterocycles. The molecule has 1 N–H and O–H groups in total. The molecule has 116 valence electrons. The molecule has 1 rings (SSSR count). The largest absolute Gasteiger partial charge is 1.00 e. The zero-order chi connectivity index (χ0) is 14.5. The normalized spacial score (nSPS) is 14.2. The molecule has 4 nitrogen and oxygen atoms in total. The highest BCUT2D eigenvalue weighted by atomic mass is 127. The van der Waals surface area contributed by atoms with Crippen molar-refractivity contribution in [1.29, 1.82) is 0 Å². The Labute approximate surface area is 139 Å². The molecule has 0 aliphatic heterocycles. The number of hydrogen-bond donors (Lipinski definition) is 1. The van der Waals surface area contributed by atoms with Crippen LogP contribution in [-0.4, -0.2) is 42.7 Å². The third kappa shape index (κ3) is 4.77. The average Bonchev–Trinajstić information content (AvgIpc) is 2.82. The van der Waals surface area contributed by atoms with E-state index >= 15 is 0 Å². The lowest BCUT2D eigenvalue weighted by molar-refractivity contribution is -0.924. The van der Waals surface area contributed by atoms with Gasteiger partial charge >= 0.3 is 5.97 Å². The molecule has 0 aromatic carbocycles. The Kier molecular flexibility index (Phi) is 8.42. The molecule has 0 fully saturated rings. The summed E-state index contributed by atoms with van der Waals surface area (Å²) in [6, 6.07) is 4.12. The van der Waals surface area contributed by atoms with E-state index in [4.69, 9.17) is 4.74 Å². The molecule has 0 saturated heterocycles. The minimum Gasteiger partial charge on any atom is -1.00 e. The van der Waals surface area contributed by atoms with Gasteiger partial charge in [0.2, 0.25) is 0 Å². The van der Waals surface area contributed by atoms with Crippen LogP contribution in [0.2, 0.25) is 0 Å². The van der Waals surface area contributed by atoms with Gasteiger partial charge in [0.1, 0.15) is 12.0 Å². The van der Waals surface area contributed by atoms with E-state index in [1.165, 1.54) is 0 Å². The van der Waals surface area contributed by atoms with Crippen LogP contribution in [0.15, 0.2) is 18.3 Å². The van der Waals surface area contributed by atoms with Gasteiger partial charge in [-0.15, -0.1) is 0 Å². The quantitative estimate of drug-likeness (QED) is 0.394. The number of ether oxygens (including phenoxy) is 1. The molecular formula is C15H27IN2O2. The first-order chi connectivity index (χ1) is 8.94. The molecule has 1 aromatic rings. The first-order valence-corrected chi connectivity index (χ1v) is 7.06. The van der Waals surface area contributed by atoms with E-state index in [-0.39, 0.29) is 41.9 Å². The highest BCUT2D eigenvalue weighted by Crippen LogP contribution is 2.32. The lowest BCUT2D eigenvalue weighted by Gasteiger charge is -2.39. The lowest BCUT2D eigenvalue weighted by Crippen LogP contribution is -3.00. The van der Waals surface area contributed by atoms with E-state index in [0.29, 0.717) is 6.61 Å². The number of carbonyl (C=O) groups is 1. The van der Waals surface area contributed by atoms with Crippen molar-refractivity contribution in [3.05, 3.63) is 24.0 Å². The molecule has 0 radical (unpaired) electrons. The van der Waals surface area contributed by atoms with E-state index in [1.54, 1.807) is 0 Å². The Balaban J connectivity index is 0.00000361. The monoisotopic (exact) mass is 394 g/mol. The van der Waals surface area contributed by atoms with Gasteiger partial charge in [0.25, 0.3) is 0 Å². The van der Waals surface area contributed by atoms with Gasteiger partial charge in [-0.05, 0) is 32.4 Å². The second-order valence-corrected chi connectivity index (χ2v) is 5.61. The number of carbonyl (C=O) groups excluding carboxylic acids is 1. The van der Waals surface area contributed by atoms with E-state index in [1.807, 2.05) is 26.1 Å². The second-order valence-electron chi connectivity index (χ2n) is 5.61. The van der Waals surface area contributed by atoms with Crippen molar-refractivity contribution in [2.75, 3.05) is 27.2 Å². The SMILES string of the molecule is CCC[N+](C)(C)C(c1ccc[nH]1)C(C)C(=O)OCC.[I-]. The maximum Gasteiger partial charge on any atom is 0.315 e. The predicted octanol–water partition coefficient (Wildman–Crippen LogP) is -0.255. The number of nitrogens with zero attached hydrogens (tertiary/aromatic N) is 1. The molecule has 0 spiro atoms. The molecule has 0 amide bonds. The standard InChI is InChI=1S/C15H27N2O2.HI/c1-6-11-17(4,5)14(13-9-8-10-16-13)12(3)15(18)19-7-2;/h8-10,12,14,16H,6-7,11H2,1-5H3;1H/q+1;/p-1. The van der Waals surface area contributed by atoms with Crippen LogP contribution in [0.1, 0.15) is 38.9 Å². The van der Waals surface area contributed by atoms with Crippen molar-refractivity contribution in [2.24, 2.45) is 5.92 Å². The highest BCUT2D eigenvalue weighted by Gasteiger charge is 2.39. The summed E-state index contributed by atoms with van der Waals surface area (Å²) < 4.78 is 5.97. The van der Waals surface area contributed by atoms with E-state index in [9.17, 15) is 4.79 Å². The van der Waals surface area contributed by atoms with E-state index in [0.717, 1.165) is 23.1 Å². The van der Waals surface area contributed by atoms with Gasteiger partial charge in [0.05, 0.1) is 32.9 Å². The number of hydrogen-bond acceptors (Lipinski definition) is 2. The third-order valence-electron chi connectivity index (χ3n) is 3.63. The van der Waals surface area contributed by atoms with Crippen molar-refractivity contribution >= 4 is 5.97 Å². The summed E-state index contributed by atoms with van der Waals surface area (Å²) >= 11 is 0. The summed E-state index contributed by atoms with van der Waals surface area (Å²) in [6.07, 6.45) is 2.99. The van der Waals surface area contributed by atoms with Crippen LogP contribution in [0, 0.1) is 5.92 Å². The van der Waals surface area contributed by atoms with Gasteiger partial charge in [0.15, 0.2) is 0 Å². The molecule has 2 atom stereocenters. The number of aromatic amines is 1. The van der Waals surface area contributed by atoms with E-state index < -0.39 is 0 Å². The number of nitrogens with one attached hydrogen (secondary N) is 1. The van der Waals surface area contributed by atoms with Gasteiger partial charge in [-0.2, -0.15) is 0 Å². The maximum atomic E-state index is 12.1. The fourth-order valence-electron chi connectivity index (χ4n) is 2.90. The third-order valence-corrected chi connectivity index (χ3v) is 3.63. The predicted molar refractivity (Wildman–Crippen MR) is 76.6 cm³/mol. The van der Waals surface area contributed by atoms with Crippen molar-refractivity contribution < 1.29 is 38.0 Å². The lowest BCUT2D eigenvalue weighted by atomic mass is 9.95. The molecule has 1 heterocycles. The Morgan fingerprint density at radius 1 is 1.40 bits per heavy atom. The Morgan fingerprint density at radius 3 is 2.50 bits per heavy atom. The van der Waals surface area contributed by atoms with Gasteiger partial charge in [-0.1, -0.05) is 6.92 Å². The molecule has 5 heteroatoms.